The molecule has 20 heavy (non-hydrogen) atoms. The highest BCUT2D eigenvalue weighted by atomic mass is 32.1. The average Bonchev–Trinajstić information content (AvgIpc) is 2.82. The molecule has 0 fully saturated rings. The summed E-state index contributed by atoms with van der Waals surface area (Å²) in [4.78, 5) is 16.8. The molecule has 1 aromatic carbocycles. The Kier molecular flexibility index (Phi) is 3.94. The topological polar surface area (TPSA) is 77.2 Å². The van der Waals surface area contributed by atoms with Crippen LogP contribution in [0.4, 0.5) is 16.2 Å². The first kappa shape index (κ1) is 14.3. The van der Waals surface area contributed by atoms with Crippen LogP contribution in [0.1, 0.15) is 20.8 Å². The summed E-state index contributed by atoms with van der Waals surface area (Å²) in [5.41, 5.74) is 9.17. The number of nitrogens with one attached hydrogen (secondary N) is 1. The lowest BCUT2D eigenvalue weighted by atomic mass is 10.1. The van der Waals surface area contributed by atoms with Crippen molar-refractivity contribution >= 4 is 28.8 Å². The van der Waals surface area contributed by atoms with Crippen molar-refractivity contribution in [2.75, 3.05) is 11.1 Å². The second-order valence-corrected chi connectivity index (χ2v) is 6.18. The van der Waals surface area contributed by atoms with E-state index in [1.165, 1.54) is 11.3 Å². The number of carbonyl (C=O) groups is 1. The third kappa shape index (κ3) is 3.71. The van der Waals surface area contributed by atoms with E-state index < -0.39 is 11.7 Å². The number of hydrogen-bond acceptors (Lipinski definition) is 5. The summed E-state index contributed by atoms with van der Waals surface area (Å²) in [5, 5.41) is 2.64. The van der Waals surface area contributed by atoms with E-state index in [9.17, 15) is 4.79 Å². The number of amides is 1. The molecule has 2 rings (SSSR count). The van der Waals surface area contributed by atoms with Gasteiger partial charge in [0.1, 0.15) is 5.60 Å². The summed E-state index contributed by atoms with van der Waals surface area (Å²) in [6, 6.07) is 5.45. The van der Waals surface area contributed by atoms with Gasteiger partial charge in [-0.1, -0.05) is 6.07 Å². The Bertz CT molecular complexity index is 603. The minimum absolute atomic E-state index is 0.488. The van der Waals surface area contributed by atoms with Crippen LogP contribution in [0.5, 0.6) is 0 Å². The Morgan fingerprint density at radius 2 is 2.15 bits per heavy atom. The molecule has 106 valence electrons. The largest absolute Gasteiger partial charge is 0.444 e. The number of aromatic nitrogens is 1. The summed E-state index contributed by atoms with van der Waals surface area (Å²) in [5.74, 6) is 0. The van der Waals surface area contributed by atoms with Crippen molar-refractivity contribution in [1.29, 1.82) is 0 Å². The van der Waals surface area contributed by atoms with Gasteiger partial charge in [0.25, 0.3) is 0 Å². The molecule has 1 amide bonds. The molecule has 0 aliphatic carbocycles. The summed E-state index contributed by atoms with van der Waals surface area (Å²) in [6.07, 6.45) is 1.26. The monoisotopic (exact) mass is 291 g/mol. The fourth-order valence-corrected chi connectivity index (χ4v) is 2.22. The Hall–Kier alpha value is -2.08. The van der Waals surface area contributed by atoms with Crippen molar-refractivity contribution in [1.82, 2.24) is 4.98 Å². The first-order chi connectivity index (χ1) is 9.35. The number of thiazole rings is 1. The SMILES string of the molecule is CC(C)(C)OC(=O)Nc1ccc(-c2cncs2)cc1N. The molecular formula is C14H17N3O2S. The maximum absolute atomic E-state index is 11.7. The van der Waals surface area contributed by atoms with Crippen molar-refractivity contribution in [3.05, 3.63) is 29.9 Å². The zero-order valence-corrected chi connectivity index (χ0v) is 12.5. The van der Waals surface area contributed by atoms with Crippen LogP contribution in [0.3, 0.4) is 0 Å². The molecule has 0 spiro atoms. The third-order valence-electron chi connectivity index (χ3n) is 2.40. The van der Waals surface area contributed by atoms with Crippen molar-refractivity contribution < 1.29 is 9.53 Å². The maximum atomic E-state index is 11.7. The summed E-state index contributed by atoms with van der Waals surface area (Å²) in [6.45, 7) is 5.43. The standard InChI is InChI=1S/C14H17N3O2S/c1-14(2,3)19-13(18)17-11-5-4-9(6-10(11)15)12-7-16-8-20-12/h4-8H,15H2,1-3H3,(H,17,18). The molecule has 0 aliphatic heterocycles. The molecule has 0 saturated heterocycles. The second kappa shape index (κ2) is 5.50. The van der Waals surface area contributed by atoms with E-state index >= 15 is 0 Å². The van der Waals surface area contributed by atoms with Crippen molar-refractivity contribution in [2.45, 2.75) is 26.4 Å². The Labute approximate surface area is 121 Å². The molecule has 0 bridgehead atoms. The molecule has 0 atom stereocenters. The first-order valence-electron chi connectivity index (χ1n) is 6.13. The highest BCUT2D eigenvalue weighted by molar-refractivity contribution is 7.13. The van der Waals surface area contributed by atoms with Crippen molar-refractivity contribution in [3.8, 4) is 10.4 Å². The predicted octanol–water partition coefficient (Wildman–Crippen LogP) is 3.74. The smallest absolute Gasteiger partial charge is 0.412 e. The molecule has 0 unspecified atom stereocenters. The summed E-state index contributed by atoms with van der Waals surface area (Å²) >= 11 is 1.53. The van der Waals surface area contributed by atoms with Gasteiger partial charge in [0.05, 0.1) is 21.8 Å². The van der Waals surface area contributed by atoms with Gasteiger partial charge in [-0.3, -0.25) is 10.3 Å². The Balaban J connectivity index is 2.13. The van der Waals surface area contributed by atoms with Gasteiger partial charge >= 0.3 is 6.09 Å². The van der Waals surface area contributed by atoms with Crippen molar-refractivity contribution in [2.24, 2.45) is 0 Å². The molecule has 2 aromatic rings. The fourth-order valence-electron chi connectivity index (χ4n) is 1.60. The fraction of sp³-hybridized carbons (Fsp3) is 0.286. The molecule has 5 nitrogen and oxygen atoms in total. The summed E-state index contributed by atoms with van der Waals surface area (Å²) in [7, 11) is 0. The number of anilines is 2. The molecule has 1 heterocycles. The number of carbonyl (C=O) groups excluding carboxylic acids is 1. The van der Waals surface area contributed by atoms with Crippen LogP contribution in [-0.4, -0.2) is 16.7 Å². The molecule has 1 aromatic heterocycles. The van der Waals surface area contributed by atoms with Gasteiger partial charge in [-0.15, -0.1) is 11.3 Å². The van der Waals surface area contributed by atoms with E-state index in [1.54, 1.807) is 23.8 Å². The minimum Gasteiger partial charge on any atom is -0.444 e. The van der Waals surface area contributed by atoms with Crippen LogP contribution < -0.4 is 11.1 Å². The molecule has 0 aliphatic rings. The van der Waals surface area contributed by atoms with E-state index in [1.807, 2.05) is 26.8 Å². The van der Waals surface area contributed by atoms with E-state index in [0.29, 0.717) is 11.4 Å². The molecule has 6 heteroatoms. The highest BCUT2D eigenvalue weighted by Gasteiger charge is 2.17. The number of hydrogen-bond donors (Lipinski definition) is 2. The quantitative estimate of drug-likeness (QED) is 0.826. The lowest BCUT2D eigenvalue weighted by Crippen LogP contribution is -2.27. The maximum Gasteiger partial charge on any atom is 0.412 e. The molecule has 3 N–H and O–H groups in total. The van der Waals surface area contributed by atoms with E-state index in [4.69, 9.17) is 10.5 Å². The Morgan fingerprint density at radius 3 is 2.70 bits per heavy atom. The van der Waals surface area contributed by atoms with Gasteiger partial charge < -0.3 is 10.5 Å². The van der Waals surface area contributed by atoms with Gasteiger partial charge in [0, 0.05) is 6.20 Å². The normalized spacial score (nSPS) is 11.2. The van der Waals surface area contributed by atoms with Crippen LogP contribution in [-0.2, 0) is 4.74 Å². The third-order valence-corrected chi connectivity index (χ3v) is 3.23. The van der Waals surface area contributed by atoms with E-state index in [2.05, 4.69) is 10.3 Å². The van der Waals surface area contributed by atoms with E-state index in [0.717, 1.165) is 10.4 Å². The van der Waals surface area contributed by atoms with Crippen LogP contribution in [0.25, 0.3) is 10.4 Å². The summed E-state index contributed by atoms with van der Waals surface area (Å²) < 4.78 is 5.19. The molecule has 0 saturated carbocycles. The number of benzene rings is 1. The molecule has 0 radical (unpaired) electrons. The second-order valence-electron chi connectivity index (χ2n) is 5.29. The van der Waals surface area contributed by atoms with Crippen LogP contribution in [0, 0.1) is 0 Å². The zero-order valence-electron chi connectivity index (χ0n) is 11.6. The number of nitrogens with two attached hydrogens (primary N) is 1. The number of ether oxygens (including phenoxy) is 1. The lowest BCUT2D eigenvalue weighted by Gasteiger charge is -2.20. The van der Waals surface area contributed by atoms with Gasteiger partial charge in [-0.05, 0) is 38.5 Å². The Morgan fingerprint density at radius 1 is 1.40 bits per heavy atom. The zero-order chi connectivity index (χ0) is 14.8. The first-order valence-corrected chi connectivity index (χ1v) is 7.01. The number of nitrogens with zero attached hydrogens (tertiary/aromatic N) is 1. The van der Waals surface area contributed by atoms with E-state index in [-0.39, 0.29) is 0 Å². The van der Waals surface area contributed by atoms with Gasteiger partial charge in [-0.25, -0.2) is 4.79 Å². The van der Waals surface area contributed by atoms with Crippen LogP contribution in [0.2, 0.25) is 0 Å². The lowest BCUT2D eigenvalue weighted by molar-refractivity contribution is 0.0636. The van der Waals surface area contributed by atoms with Gasteiger partial charge in [0.15, 0.2) is 0 Å². The molecular weight excluding hydrogens is 274 g/mol. The van der Waals surface area contributed by atoms with Gasteiger partial charge in [-0.2, -0.15) is 0 Å². The average molecular weight is 291 g/mol. The van der Waals surface area contributed by atoms with Crippen molar-refractivity contribution in [3.63, 3.8) is 0 Å². The van der Waals surface area contributed by atoms with Gasteiger partial charge in [0.2, 0.25) is 0 Å². The highest BCUT2D eigenvalue weighted by Crippen LogP contribution is 2.29. The number of nitrogen functional groups attached to an aromatic ring is 1. The minimum atomic E-state index is -0.540. The number of rotatable bonds is 2. The predicted molar refractivity (Wildman–Crippen MR) is 81.8 cm³/mol. The van der Waals surface area contributed by atoms with Crippen LogP contribution in [0.15, 0.2) is 29.9 Å². The van der Waals surface area contributed by atoms with Crippen LogP contribution >= 0.6 is 11.3 Å².